The van der Waals surface area contributed by atoms with E-state index in [1.54, 1.807) is 13.8 Å². The number of rotatable bonds is 2. The van der Waals surface area contributed by atoms with Crippen molar-refractivity contribution in [3.05, 3.63) is 27.2 Å². The Bertz CT molecular complexity index is 625. The Hall–Kier alpha value is -2.22. The van der Waals surface area contributed by atoms with E-state index in [-0.39, 0.29) is 18.7 Å². The van der Waals surface area contributed by atoms with Crippen molar-refractivity contribution in [1.29, 1.82) is 0 Å². The zero-order valence-corrected chi connectivity index (χ0v) is 12.1. The van der Waals surface area contributed by atoms with Gasteiger partial charge in [-0.3, -0.25) is 9.59 Å². The van der Waals surface area contributed by atoms with Gasteiger partial charge in [0.05, 0.1) is 26.0 Å². The Morgan fingerprint density at radius 3 is 2.81 bits per heavy atom. The number of nitrogens with zero attached hydrogens (tertiary/aromatic N) is 2. The van der Waals surface area contributed by atoms with Crippen molar-refractivity contribution in [1.82, 2.24) is 15.1 Å². The molecule has 0 spiro atoms. The Kier molecular flexibility index (Phi) is 4.37. The molecule has 2 rings (SSSR count). The molecule has 1 atom stereocenters. The van der Waals surface area contributed by atoms with Gasteiger partial charge in [0.1, 0.15) is 5.56 Å². The summed E-state index contributed by atoms with van der Waals surface area (Å²) in [7, 11) is 1.24. The number of hydrogen-bond acceptors (Lipinski definition) is 6. The molecule has 1 fully saturated rings. The van der Waals surface area contributed by atoms with E-state index >= 15 is 0 Å². The van der Waals surface area contributed by atoms with Crippen LogP contribution in [0.25, 0.3) is 0 Å². The standard InChI is InChI=1S/C13H17N3O5/c1-7-8(2)14-15-11(17)10(7)12(18)16-4-5-21-6-9(16)13(19)20-3/h9H,4-6H2,1-3H3,(H,15,17). The van der Waals surface area contributed by atoms with Crippen molar-refractivity contribution in [3.63, 3.8) is 0 Å². The maximum atomic E-state index is 12.6. The van der Waals surface area contributed by atoms with Gasteiger partial charge in [0.2, 0.25) is 0 Å². The third kappa shape index (κ3) is 2.80. The molecule has 0 bridgehead atoms. The third-order valence-corrected chi connectivity index (χ3v) is 3.55. The molecule has 1 amide bonds. The van der Waals surface area contributed by atoms with Crippen LogP contribution in [0.5, 0.6) is 0 Å². The molecule has 21 heavy (non-hydrogen) atoms. The number of esters is 1. The van der Waals surface area contributed by atoms with Crippen LogP contribution in [-0.4, -0.2) is 59.9 Å². The van der Waals surface area contributed by atoms with Gasteiger partial charge in [0, 0.05) is 6.54 Å². The number of hydrogen-bond donors (Lipinski definition) is 1. The molecule has 0 radical (unpaired) electrons. The van der Waals surface area contributed by atoms with Crippen LogP contribution >= 0.6 is 0 Å². The highest BCUT2D eigenvalue weighted by Gasteiger charge is 2.35. The summed E-state index contributed by atoms with van der Waals surface area (Å²) < 4.78 is 9.89. The fourth-order valence-corrected chi connectivity index (χ4v) is 2.20. The summed E-state index contributed by atoms with van der Waals surface area (Å²) in [5.41, 5.74) is 0.483. The molecule has 8 heteroatoms. The summed E-state index contributed by atoms with van der Waals surface area (Å²) in [5.74, 6) is -1.08. The summed E-state index contributed by atoms with van der Waals surface area (Å²) in [6, 6.07) is -0.844. The van der Waals surface area contributed by atoms with Gasteiger partial charge >= 0.3 is 5.97 Å². The Morgan fingerprint density at radius 1 is 1.43 bits per heavy atom. The second-order valence-corrected chi connectivity index (χ2v) is 4.75. The first-order valence-corrected chi connectivity index (χ1v) is 6.49. The number of carbonyl (C=O) groups excluding carboxylic acids is 2. The number of aryl methyl sites for hydroxylation is 1. The Balaban J connectivity index is 2.40. The van der Waals surface area contributed by atoms with Gasteiger partial charge in [-0.05, 0) is 19.4 Å². The molecule has 1 aliphatic heterocycles. The third-order valence-electron chi connectivity index (χ3n) is 3.55. The molecule has 0 saturated carbocycles. The lowest BCUT2D eigenvalue weighted by atomic mass is 10.1. The van der Waals surface area contributed by atoms with Crippen molar-refractivity contribution >= 4 is 11.9 Å². The van der Waals surface area contributed by atoms with Gasteiger partial charge in [-0.15, -0.1) is 0 Å². The highest BCUT2D eigenvalue weighted by molar-refractivity contribution is 5.98. The summed E-state index contributed by atoms with van der Waals surface area (Å²) in [6.45, 7) is 3.93. The second-order valence-electron chi connectivity index (χ2n) is 4.75. The van der Waals surface area contributed by atoms with Gasteiger partial charge in [-0.25, -0.2) is 9.89 Å². The SMILES string of the molecule is COC(=O)C1COCCN1C(=O)c1c(C)c(C)n[nH]c1=O. The van der Waals surface area contributed by atoms with Gasteiger partial charge in [-0.2, -0.15) is 5.10 Å². The van der Waals surface area contributed by atoms with Gasteiger partial charge in [0.15, 0.2) is 6.04 Å². The number of nitrogens with one attached hydrogen (secondary N) is 1. The minimum Gasteiger partial charge on any atom is -0.467 e. The maximum Gasteiger partial charge on any atom is 0.331 e. The molecule has 1 aromatic rings. The molecular weight excluding hydrogens is 278 g/mol. The van der Waals surface area contributed by atoms with E-state index in [1.165, 1.54) is 12.0 Å². The number of aromatic amines is 1. The summed E-state index contributed by atoms with van der Waals surface area (Å²) in [6.07, 6.45) is 0. The van der Waals surface area contributed by atoms with Crippen LogP contribution in [0.3, 0.4) is 0 Å². The number of H-pyrrole nitrogens is 1. The normalized spacial score (nSPS) is 18.4. The number of carbonyl (C=O) groups is 2. The average Bonchev–Trinajstić information content (AvgIpc) is 2.50. The van der Waals surface area contributed by atoms with E-state index in [1.807, 2.05) is 0 Å². The van der Waals surface area contributed by atoms with Crippen LogP contribution < -0.4 is 5.56 Å². The first kappa shape index (κ1) is 15.2. The molecule has 1 saturated heterocycles. The second kappa shape index (κ2) is 6.04. The van der Waals surface area contributed by atoms with Gasteiger partial charge in [0.25, 0.3) is 11.5 Å². The fraction of sp³-hybridized carbons (Fsp3) is 0.538. The van der Waals surface area contributed by atoms with E-state index in [0.29, 0.717) is 17.9 Å². The van der Waals surface area contributed by atoms with Crippen LogP contribution in [0.1, 0.15) is 21.6 Å². The number of amides is 1. The lowest BCUT2D eigenvalue weighted by Gasteiger charge is -2.33. The molecule has 1 unspecified atom stereocenters. The molecule has 0 aromatic carbocycles. The predicted molar refractivity (Wildman–Crippen MR) is 72.0 cm³/mol. The highest BCUT2D eigenvalue weighted by atomic mass is 16.5. The summed E-state index contributed by atoms with van der Waals surface area (Å²) >= 11 is 0. The van der Waals surface area contributed by atoms with Crippen molar-refractivity contribution in [3.8, 4) is 0 Å². The van der Waals surface area contributed by atoms with Gasteiger partial charge in [-0.1, -0.05) is 0 Å². The minimum absolute atomic E-state index is 0.00157. The van der Waals surface area contributed by atoms with Gasteiger partial charge < -0.3 is 14.4 Å². The molecule has 114 valence electrons. The number of methoxy groups -OCH3 is 1. The topological polar surface area (TPSA) is 102 Å². The largest absolute Gasteiger partial charge is 0.467 e. The molecular formula is C13H17N3O5. The molecule has 1 aromatic heterocycles. The number of ether oxygens (including phenoxy) is 2. The first-order chi connectivity index (χ1) is 9.97. The predicted octanol–water partition coefficient (Wildman–Crippen LogP) is -0.599. The minimum atomic E-state index is -0.844. The van der Waals surface area contributed by atoms with Crippen LogP contribution in [0.15, 0.2) is 4.79 Å². The lowest BCUT2D eigenvalue weighted by molar-refractivity contribution is -0.151. The maximum absolute atomic E-state index is 12.6. The smallest absolute Gasteiger partial charge is 0.331 e. The zero-order valence-electron chi connectivity index (χ0n) is 12.1. The van der Waals surface area contributed by atoms with E-state index < -0.39 is 23.5 Å². The molecule has 8 nitrogen and oxygen atoms in total. The number of morpholine rings is 1. The highest BCUT2D eigenvalue weighted by Crippen LogP contribution is 2.15. The lowest BCUT2D eigenvalue weighted by Crippen LogP contribution is -2.54. The van der Waals surface area contributed by atoms with E-state index in [4.69, 9.17) is 4.74 Å². The van der Waals surface area contributed by atoms with Crippen LogP contribution in [0.2, 0.25) is 0 Å². The summed E-state index contributed by atoms with van der Waals surface area (Å²) in [5, 5.41) is 6.10. The quantitative estimate of drug-likeness (QED) is 0.731. The van der Waals surface area contributed by atoms with Crippen molar-refractivity contribution in [2.24, 2.45) is 0 Å². The van der Waals surface area contributed by atoms with E-state index in [2.05, 4.69) is 14.9 Å². The number of aromatic nitrogens is 2. The van der Waals surface area contributed by atoms with Crippen LogP contribution in [0.4, 0.5) is 0 Å². The van der Waals surface area contributed by atoms with Crippen molar-refractivity contribution in [2.45, 2.75) is 19.9 Å². The monoisotopic (exact) mass is 295 g/mol. The molecule has 0 aliphatic carbocycles. The molecule has 1 N–H and O–H groups in total. The Labute approximate surface area is 121 Å². The Morgan fingerprint density at radius 2 is 2.14 bits per heavy atom. The van der Waals surface area contributed by atoms with E-state index in [9.17, 15) is 14.4 Å². The van der Waals surface area contributed by atoms with E-state index in [0.717, 1.165) is 0 Å². The van der Waals surface area contributed by atoms with Crippen molar-refractivity contribution < 1.29 is 19.1 Å². The summed E-state index contributed by atoms with van der Waals surface area (Å²) in [4.78, 5) is 37.6. The first-order valence-electron chi connectivity index (χ1n) is 6.49. The zero-order chi connectivity index (χ0) is 15.6. The molecule has 2 heterocycles. The average molecular weight is 295 g/mol. The molecule has 1 aliphatic rings. The van der Waals surface area contributed by atoms with Crippen LogP contribution in [-0.2, 0) is 14.3 Å². The fourth-order valence-electron chi connectivity index (χ4n) is 2.20. The van der Waals surface area contributed by atoms with Crippen LogP contribution in [0, 0.1) is 13.8 Å². The van der Waals surface area contributed by atoms with Crippen molar-refractivity contribution in [2.75, 3.05) is 26.9 Å².